The minimum absolute atomic E-state index is 0.228. The Morgan fingerprint density at radius 3 is 2.08 bits per heavy atom. The molecule has 0 bridgehead atoms. The molecule has 11 heteroatoms. The van der Waals surface area contributed by atoms with Crippen LogP contribution in [0.5, 0.6) is 17.2 Å². The molecule has 1 heterocycles. The summed E-state index contributed by atoms with van der Waals surface area (Å²) < 4.78 is 75.6. The molecule has 3 atom stereocenters. The number of alkyl halides is 3. The summed E-state index contributed by atoms with van der Waals surface area (Å²) >= 11 is 0. The summed E-state index contributed by atoms with van der Waals surface area (Å²) in [6.07, 6.45) is -4.28. The van der Waals surface area contributed by atoms with E-state index in [1.807, 2.05) is 53.4 Å². The summed E-state index contributed by atoms with van der Waals surface area (Å²) in [6.45, 7) is 0. The van der Waals surface area contributed by atoms with E-state index in [4.69, 9.17) is 4.74 Å². The van der Waals surface area contributed by atoms with Crippen molar-refractivity contribution in [1.29, 1.82) is 0 Å². The third kappa shape index (κ3) is 4.86. The van der Waals surface area contributed by atoms with Crippen LogP contribution < -0.4 is 19.1 Å². The molecule has 3 unspecified atom stereocenters. The van der Waals surface area contributed by atoms with Crippen molar-refractivity contribution in [2.45, 2.75) is 48.7 Å². The molecule has 3 aromatic rings. The van der Waals surface area contributed by atoms with Crippen molar-refractivity contribution in [3.63, 3.8) is 0 Å². The van der Waals surface area contributed by atoms with E-state index < -0.39 is 40.3 Å². The molecule has 190 valence electrons. The smallest absolute Gasteiger partial charge is 0.453 e. The number of hydrogen-bond donors (Lipinski definition) is 2. The van der Waals surface area contributed by atoms with E-state index in [9.17, 15) is 26.7 Å². The number of anilines is 2. The highest BCUT2D eigenvalue weighted by Crippen LogP contribution is 2.49. The van der Waals surface area contributed by atoms with Gasteiger partial charge in [-0.2, -0.15) is 0 Å². The van der Waals surface area contributed by atoms with Gasteiger partial charge in [-0.05, 0) is 67.8 Å². The monoisotopic (exact) mass is 520 g/mol. The third-order valence-corrected chi connectivity index (χ3v) is 7.80. The minimum Gasteiger partial charge on any atom is -0.453 e. The van der Waals surface area contributed by atoms with Gasteiger partial charge in [0.05, 0.1) is 34.5 Å². The van der Waals surface area contributed by atoms with Crippen LogP contribution >= 0.6 is 0 Å². The molecular weight excluding hydrogens is 497 g/mol. The molecule has 0 radical (unpaired) electrons. The highest BCUT2D eigenvalue weighted by Gasteiger charge is 2.41. The molecule has 1 aliphatic carbocycles. The lowest BCUT2D eigenvalue weighted by Crippen LogP contribution is -2.56. The third-order valence-electron chi connectivity index (χ3n) is 6.30. The van der Waals surface area contributed by atoms with Gasteiger partial charge in [0.25, 0.3) is 0 Å². The highest BCUT2D eigenvalue weighted by atomic mass is 32.2. The number of nitrogens with one attached hydrogen (secondary N) is 1. The Balaban J connectivity index is 1.39. The Bertz CT molecular complexity index is 1300. The molecule has 2 aliphatic rings. The molecule has 0 amide bonds. The first-order valence-electron chi connectivity index (χ1n) is 11.3. The van der Waals surface area contributed by atoms with Gasteiger partial charge in [0, 0.05) is 0 Å². The largest absolute Gasteiger partial charge is 0.573 e. The Kier molecular flexibility index (Phi) is 6.31. The SMILES string of the molecule is O=S(=O)(NC1CCCC(N2c3ccccc3Oc3ccccc32)C1O)c1ccc(OC(F)(F)F)cc1. The van der Waals surface area contributed by atoms with Crippen LogP contribution in [0.4, 0.5) is 24.5 Å². The Morgan fingerprint density at radius 1 is 0.917 bits per heavy atom. The second-order valence-electron chi connectivity index (χ2n) is 8.64. The lowest BCUT2D eigenvalue weighted by atomic mass is 9.86. The van der Waals surface area contributed by atoms with Gasteiger partial charge < -0.3 is 19.5 Å². The molecule has 0 saturated heterocycles. The molecule has 1 fully saturated rings. The lowest BCUT2D eigenvalue weighted by Gasteiger charge is -2.44. The van der Waals surface area contributed by atoms with Gasteiger partial charge in [-0.3, -0.25) is 0 Å². The molecular formula is C25H23F3N2O5S. The molecule has 36 heavy (non-hydrogen) atoms. The maximum Gasteiger partial charge on any atom is 0.573 e. The van der Waals surface area contributed by atoms with Gasteiger partial charge in [0.1, 0.15) is 5.75 Å². The number of rotatable bonds is 5. The fraction of sp³-hybridized carbons (Fsp3) is 0.280. The quantitative estimate of drug-likeness (QED) is 0.487. The summed E-state index contributed by atoms with van der Waals surface area (Å²) in [6, 6.07) is 17.6. The standard InChI is InChI=1S/C25H23F3N2O5S/c26-25(27,28)35-16-12-14-17(15-13-16)36(32,33)29-18-6-5-9-21(24(18)31)30-19-7-1-3-10-22(19)34-23-11-4-2-8-20(23)30/h1-4,7-8,10-15,18,21,24,29,31H,5-6,9H2. The van der Waals surface area contributed by atoms with Crippen molar-refractivity contribution in [2.24, 2.45) is 0 Å². The van der Waals surface area contributed by atoms with Crippen LogP contribution in [-0.2, 0) is 10.0 Å². The van der Waals surface area contributed by atoms with E-state index >= 15 is 0 Å². The van der Waals surface area contributed by atoms with Gasteiger partial charge in [0.15, 0.2) is 11.5 Å². The number of halogens is 3. The van der Waals surface area contributed by atoms with Crippen LogP contribution in [0, 0.1) is 0 Å². The Hall–Kier alpha value is -3.28. The maximum atomic E-state index is 13.0. The highest BCUT2D eigenvalue weighted by molar-refractivity contribution is 7.89. The zero-order valence-corrected chi connectivity index (χ0v) is 19.7. The normalized spacial score (nSPS) is 21.8. The van der Waals surface area contributed by atoms with Crippen LogP contribution in [0.15, 0.2) is 77.7 Å². The summed E-state index contributed by atoms with van der Waals surface area (Å²) in [5.74, 6) is 0.739. The van der Waals surface area contributed by atoms with Gasteiger partial charge >= 0.3 is 6.36 Å². The van der Waals surface area contributed by atoms with Crippen molar-refractivity contribution in [1.82, 2.24) is 4.72 Å². The predicted molar refractivity (Wildman–Crippen MR) is 126 cm³/mol. The maximum absolute atomic E-state index is 13.0. The van der Waals surface area contributed by atoms with Crippen molar-refractivity contribution in [3.8, 4) is 17.2 Å². The van der Waals surface area contributed by atoms with Crippen LogP contribution in [0.25, 0.3) is 0 Å². The number of para-hydroxylation sites is 4. The van der Waals surface area contributed by atoms with Crippen LogP contribution in [0.1, 0.15) is 19.3 Å². The number of benzene rings is 3. The lowest BCUT2D eigenvalue weighted by molar-refractivity contribution is -0.274. The summed E-state index contributed by atoms with van der Waals surface area (Å²) in [5.41, 5.74) is 1.54. The average Bonchev–Trinajstić information content (AvgIpc) is 2.83. The number of ether oxygens (including phenoxy) is 2. The first-order valence-corrected chi connectivity index (χ1v) is 12.8. The summed E-state index contributed by atoms with van der Waals surface area (Å²) in [4.78, 5) is 1.76. The molecule has 2 N–H and O–H groups in total. The van der Waals surface area contributed by atoms with E-state index in [0.29, 0.717) is 30.8 Å². The fourth-order valence-corrected chi connectivity index (χ4v) is 6.03. The first-order chi connectivity index (χ1) is 17.1. The molecule has 1 aliphatic heterocycles. The zero-order valence-electron chi connectivity index (χ0n) is 18.9. The number of aliphatic hydroxyl groups is 1. The summed E-state index contributed by atoms with van der Waals surface area (Å²) in [5, 5.41) is 11.4. The molecule has 1 saturated carbocycles. The van der Waals surface area contributed by atoms with Gasteiger partial charge in [0.2, 0.25) is 10.0 Å². The molecule has 0 aromatic heterocycles. The first kappa shape index (κ1) is 24.4. The van der Waals surface area contributed by atoms with Gasteiger partial charge in [-0.1, -0.05) is 24.3 Å². The second kappa shape index (κ2) is 9.30. The van der Waals surface area contributed by atoms with Crippen LogP contribution in [-0.4, -0.2) is 38.1 Å². The number of sulfonamides is 1. The van der Waals surface area contributed by atoms with Crippen molar-refractivity contribution in [3.05, 3.63) is 72.8 Å². The number of aliphatic hydroxyl groups excluding tert-OH is 1. The minimum atomic E-state index is -4.88. The van der Waals surface area contributed by atoms with Crippen molar-refractivity contribution < 1.29 is 36.2 Å². The zero-order chi connectivity index (χ0) is 25.5. The van der Waals surface area contributed by atoms with Crippen molar-refractivity contribution in [2.75, 3.05) is 4.90 Å². The number of fused-ring (bicyclic) bond motifs is 2. The van der Waals surface area contributed by atoms with Crippen LogP contribution in [0.2, 0.25) is 0 Å². The second-order valence-corrected chi connectivity index (χ2v) is 10.4. The van der Waals surface area contributed by atoms with Crippen LogP contribution in [0.3, 0.4) is 0 Å². The number of nitrogens with zero attached hydrogens (tertiary/aromatic N) is 1. The number of hydrogen-bond acceptors (Lipinski definition) is 6. The Labute approximate surface area is 206 Å². The predicted octanol–water partition coefficient (Wildman–Crippen LogP) is 5.09. The fourth-order valence-electron chi connectivity index (χ4n) is 4.75. The molecule has 7 nitrogen and oxygen atoms in total. The molecule has 5 rings (SSSR count). The van der Waals surface area contributed by atoms with Crippen molar-refractivity contribution >= 4 is 21.4 Å². The Morgan fingerprint density at radius 2 is 1.50 bits per heavy atom. The average molecular weight is 521 g/mol. The summed E-state index contributed by atoms with van der Waals surface area (Å²) in [7, 11) is -4.12. The topological polar surface area (TPSA) is 88.1 Å². The van der Waals surface area contributed by atoms with E-state index in [1.54, 1.807) is 0 Å². The van der Waals surface area contributed by atoms with Gasteiger partial charge in [-0.25, -0.2) is 13.1 Å². The van der Waals surface area contributed by atoms with Gasteiger partial charge in [-0.15, -0.1) is 13.2 Å². The van der Waals surface area contributed by atoms with E-state index in [2.05, 4.69) is 9.46 Å². The van der Waals surface area contributed by atoms with E-state index in [1.165, 1.54) is 0 Å². The van der Waals surface area contributed by atoms with E-state index in [-0.39, 0.29) is 4.90 Å². The molecule has 0 spiro atoms. The molecule has 3 aromatic carbocycles. The van der Waals surface area contributed by atoms with E-state index in [0.717, 1.165) is 35.6 Å².